The molecule has 0 aliphatic rings. The summed E-state index contributed by atoms with van der Waals surface area (Å²) in [7, 11) is -2.48. The topological polar surface area (TPSA) is 84.3 Å². The number of carbonyl (C=O) groups excluding carboxylic acids is 1. The number of likely N-dealkylation sites (N-methyl/N-ethyl adjacent to an activating group) is 1. The first-order valence-electron chi connectivity index (χ1n) is 8.14. The molecule has 0 saturated carbocycles. The van der Waals surface area contributed by atoms with Gasteiger partial charge in [-0.05, 0) is 23.8 Å². The number of amides is 1. The fraction of sp³-hybridized carbons (Fsp3) is 0.176. The Morgan fingerprint density at radius 1 is 1.21 bits per heavy atom. The van der Waals surface area contributed by atoms with Crippen LogP contribution >= 0.6 is 46.1 Å². The minimum Gasteiger partial charge on any atom is -0.310 e. The SMILES string of the molecule is CN(CC(=O)Nc1ccnn1Cc1cccc(Cl)c1Cl)S(=O)(=O)c1ccc(Cl)s1. The first-order chi connectivity index (χ1) is 13.7. The number of benzene rings is 1. The van der Waals surface area contributed by atoms with Gasteiger partial charge in [-0.25, -0.2) is 13.1 Å². The average Bonchev–Trinajstić information content (AvgIpc) is 3.28. The summed E-state index contributed by atoms with van der Waals surface area (Å²) in [5, 5.41) is 7.65. The van der Waals surface area contributed by atoms with Crippen LogP contribution in [0.3, 0.4) is 0 Å². The number of hydrogen-bond donors (Lipinski definition) is 1. The molecule has 7 nitrogen and oxygen atoms in total. The van der Waals surface area contributed by atoms with Crippen molar-refractivity contribution < 1.29 is 13.2 Å². The normalized spacial score (nSPS) is 11.8. The summed E-state index contributed by atoms with van der Waals surface area (Å²) in [5.41, 5.74) is 0.729. The van der Waals surface area contributed by atoms with Gasteiger partial charge in [0.05, 0.1) is 33.7 Å². The number of hydrogen-bond acceptors (Lipinski definition) is 5. The molecule has 2 heterocycles. The third-order valence-electron chi connectivity index (χ3n) is 3.92. The maximum Gasteiger partial charge on any atom is 0.252 e. The van der Waals surface area contributed by atoms with Gasteiger partial charge >= 0.3 is 0 Å². The largest absolute Gasteiger partial charge is 0.310 e. The predicted molar refractivity (Wildman–Crippen MR) is 116 cm³/mol. The van der Waals surface area contributed by atoms with Crippen molar-refractivity contribution in [2.75, 3.05) is 18.9 Å². The molecule has 0 bridgehead atoms. The summed E-state index contributed by atoms with van der Waals surface area (Å²) in [6.45, 7) is -0.0925. The Labute approximate surface area is 186 Å². The summed E-state index contributed by atoms with van der Waals surface area (Å²) in [4.78, 5) is 12.4. The van der Waals surface area contributed by atoms with E-state index in [9.17, 15) is 13.2 Å². The van der Waals surface area contributed by atoms with E-state index in [-0.39, 0.29) is 17.3 Å². The number of anilines is 1. The second kappa shape index (κ2) is 9.03. The van der Waals surface area contributed by atoms with E-state index in [4.69, 9.17) is 34.8 Å². The summed E-state index contributed by atoms with van der Waals surface area (Å²) in [5.74, 6) is -0.117. The number of sulfonamides is 1. The molecular formula is C17H15Cl3N4O3S2. The van der Waals surface area contributed by atoms with Crippen LogP contribution in [0.15, 0.2) is 46.8 Å². The average molecular weight is 494 g/mol. The standard InChI is InChI=1S/C17H15Cl3N4O3S2/c1-23(29(26,27)16-6-5-13(19)28-16)10-15(25)22-14-7-8-21-24(14)9-11-3-2-4-12(18)17(11)20/h2-8H,9-10H2,1H3,(H,22,25). The van der Waals surface area contributed by atoms with Crippen LogP contribution in [-0.2, 0) is 21.4 Å². The van der Waals surface area contributed by atoms with Gasteiger partial charge in [-0.1, -0.05) is 46.9 Å². The van der Waals surface area contributed by atoms with Gasteiger partial charge in [0.1, 0.15) is 10.0 Å². The van der Waals surface area contributed by atoms with Crippen LogP contribution in [-0.4, -0.2) is 42.0 Å². The molecule has 0 saturated heterocycles. The van der Waals surface area contributed by atoms with Crippen LogP contribution < -0.4 is 5.32 Å². The number of carbonyl (C=O) groups is 1. The van der Waals surface area contributed by atoms with Crippen LogP contribution in [0.4, 0.5) is 5.82 Å². The maximum absolute atomic E-state index is 12.5. The molecule has 154 valence electrons. The monoisotopic (exact) mass is 492 g/mol. The first-order valence-corrected chi connectivity index (χ1v) is 11.5. The molecule has 12 heteroatoms. The fourth-order valence-electron chi connectivity index (χ4n) is 2.46. The lowest BCUT2D eigenvalue weighted by atomic mass is 10.2. The van der Waals surface area contributed by atoms with E-state index in [0.717, 1.165) is 21.2 Å². The van der Waals surface area contributed by atoms with Crippen LogP contribution in [0.1, 0.15) is 5.56 Å². The molecule has 0 aliphatic carbocycles. The van der Waals surface area contributed by atoms with E-state index in [0.29, 0.717) is 20.2 Å². The Balaban J connectivity index is 1.69. The summed E-state index contributed by atoms with van der Waals surface area (Å²) < 4.78 is 27.9. The Bertz CT molecular complexity index is 1140. The van der Waals surface area contributed by atoms with Gasteiger partial charge in [0, 0.05) is 13.1 Å². The third kappa shape index (κ3) is 5.11. The highest BCUT2D eigenvalue weighted by molar-refractivity contribution is 7.91. The Morgan fingerprint density at radius 2 is 1.97 bits per heavy atom. The number of halogens is 3. The smallest absolute Gasteiger partial charge is 0.252 e. The Morgan fingerprint density at radius 3 is 2.66 bits per heavy atom. The van der Waals surface area contributed by atoms with E-state index >= 15 is 0 Å². The zero-order valence-electron chi connectivity index (χ0n) is 15.0. The summed E-state index contributed by atoms with van der Waals surface area (Å²) in [6.07, 6.45) is 1.52. The zero-order chi connectivity index (χ0) is 21.2. The molecule has 0 spiro atoms. The summed E-state index contributed by atoms with van der Waals surface area (Å²) in [6, 6.07) is 9.74. The van der Waals surface area contributed by atoms with E-state index < -0.39 is 15.9 Å². The molecule has 1 amide bonds. The molecular weight excluding hydrogens is 479 g/mol. The van der Waals surface area contributed by atoms with Crippen molar-refractivity contribution in [1.29, 1.82) is 0 Å². The Kier molecular flexibility index (Phi) is 6.87. The van der Waals surface area contributed by atoms with Crippen molar-refractivity contribution >= 4 is 67.9 Å². The highest BCUT2D eigenvalue weighted by Crippen LogP contribution is 2.28. The van der Waals surface area contributed by atoms with Gasteiger partial charge in [-0.3, -0.25) is 4.79 Å². The van der Waals surface area contributed by atoms with Crippen molar-refractivity contribution in [3.05, 3.63) is 62.5 Å². The molecule has 0 atom stereocenters. The number of nitrogens with zero attached hydrogens (tertiary/aromatic N) is 3. The van der Waals surface area contributed by atoms with Crippen LogP contribution in [0, 0.1) is 0 Å². The van der Waals surface area contributed by atoms with Crippen LogP contribution in [0.25, 0.3) is 0 Å². The van der Waals surface area contributed by atoms with E-state index in [1.54, 1.807) is 24.3 Å². The maximum atomic E-state index is 12.5. The van der Waals surface area contributed by atoms with Crippen LogP contribution in [0.2, 0.25) is 14.4 Å². The Hall–Kier alpha value is -1.62. The van der Waals surface area contributed by atoms with Crippen molar-refractivity contribution in [1.82, 2.24) is 14.1 Å². The lowest BCUT2D eigenvalue weighted by Crippen LogP contribution is -2.35. The molecule has 1 aromatic carbocycles. The minimum absolute atomic E-state index is 0.0680. The van der Waals surface area contributed by atoms with Gasteiger partial charge in [-0.2, -0.15) is 9.40 Å². The molecule has 0 unspecified atom stereocenters. The van der Waals surface area contributed by atoms with Crippen molar-refractivity contribution in [3.8, 4) is 0 Å². The predicted octanol–water partition coefficient (Wildman–Crippen LogP) is 4.21. The molecule has 0 aliphatic heterocycles. The van der Waals surface area contributed by atoms with Gasteiger partial charge in [-0.15, -0.1) is 11.3 Å². The molecule has 3 rings (SSSR count). The lowest BCUT2D eigenvalue weighted by Gasteiger charge is -2.16. The molecule has 0 radical (unpaired) electrons. The highest BCUT2D eigenvalue weighted by atomic mass is 35.5. The second-order valence-corrected chi connectivity index (χ2v) is 10.7. The zero-order valence-corrected chi connectivity index (χ0v) is 18.9. The van der Waals surface area contributed by atoms with Gasteiger partial charge in [0.2, 0.25) is 5.91 Å². The third-order valence-corrected chi connectivity index (χ3v) is 8.28. The quantitative estimate of drug-likeness (QED) is 0.534. The van der Waals surface area contributed by atoms with Crippen LogP contribution in [0.5, 0.6) is 0 Å². The number of nitrogens with one attached hydrogen (secondary N) is 1. The molecule has 2 aromatic heterocycles. The van der Waals surface area contributed by atoms with Gasteiger partial charge in [0.25, 0.3) is 10.0 Å². The van der Waals surface area contributed by atoms with E-state index in [2.05, 4.69) is 10.4 Å². The molecule has 1 N–H and O–H groups in total. The summed E-state index contributed by atoms with van der Waals surface area (Å²) >= 11 is 19.0. The fourth-order valence-corrected chi connectivity index (χ4v) is 5.66. The van der Waals surface area contributed by atoms with Gasteiger partial charge in [0.15, 0.2) is 0 Å². The molecule has 29 heavy (non-hydrogen) atoms. The van der Waals surface area contributed by atoms with E-state index in [1.807, 2.05) is 0 Å². The van der Waals surface area contributed by atoms with Crippen molar-refractivity contribution in [2.45, 2.75) is 10.8 Å². The number of aromatic nitrogens is 2. The molecule has 3 aromatic rings. The first kappa shape index (κ1) is 22.1. The second-order valence-electron chi connectivity index (χ2n) is 5.95. The van der Waals surface area contributed by atoms with Crippen molar-refractivity contribution in [2.24, 2.45) is 0 Å². The number of thiophene rings is 1. The highest BCUT2D eigenvalue weighted by Gasteiger charge is 2.25. The lowest BCUT2D eigenvalue weighted by molar-refractivity contribution is -0.116. The number of rotatable bonds is 7. The minimum atomic E-state index is -3.81. The van der Waals surface area contributed by atoms with E-state index in [1.165, 1.54) is 30.1 Å². The molecule has 0 fully saturated rings. The van der Waals surface area contributed by atoms with Gasteiger partial charge < -0.3 is 5.32 Å². The van der Waals surface area contributed by atoms with Crippen molar-refractivity contribution in [3.63, 3.8) is 0 Å².